The summed E-state index contributed by atoms with van der Waals surface area (Å²) in [5.74, 6) is 1.67. The van der Waals surface area contributed by atoms with Crippen LogP contribution in [0.2, 0.25) is 0 Å². The van der Waals surface area contributed by atoms with E-state index in [0.29, 0.717) is 12.5 Å². The first-order valence-corrected chi connectivity index (χ1v) is 7.79. The molecule has 0 aromatic heterocycles. The van der Waals surface area contributed by atoms with E-state index >= 15 is 0 Å². The molecule has 0 saturated carbocycles. The zero-order chi connectivity index (χ0) is 13.7. The fraction of sp³-hybridized carbons (Fsp3) is 0.571. The molecule has 1 aliphatic rings. The van der Waals surface area contributed by atoms with Gasteiger partial charge in [-0.2, -0.15) is 0 Å². The van der Waals surface area contributed by atoms with Crippen LogP contribution in [-0.4, -0.2) is 32.2 Å². The SMILES string of the molecule is COCC(CCCl)NCc1cc(Br)cc2c1OCC2. The van der Waals surface area contributed by atoms with Gasteiger partial charge in [0.25, 0.3) is 0 Å². The predicted molar refractivity (Wildman–Crippen MR) is 81.2 cm³/mol. The fourth-order valence-corrected chi connectivity index (χ4v) is 3.12. The van der Waals surface area contributed by atoms with Gasteiger partial charge in [0, 0.05) is 42.0 Å². The molecule has 1 unspecified atom stereocenters. The van der Waals surface area contributed by atoms with Crippen LogP contribution in [0, 0.1) is 0 Å². The number of halogens is 2. The minimum atomic E-state index is 0.276. The van der Waals surface area contributed by atoms with Crippen LogP contribution < -0.4 is 10.1 Å². The number of benzene rings is 1. The Bertz CT molecular complexity index is 422. The van der Waals surface area contributed by atoms with Gasteiger partial charge >= 0.3 is 0 Å². The van der Waals surface area contributed by atoms with E-state index in [1.807, 2.05) is 0 Å². The lowest BCUT2D eigenvalue weighted by atomic mass is 10.1. The first-order valence-electron chi connectivity index (χ1n) is 6.47. The van der Waals surface area contributed by atoms with Gasteiger partial charge < -0.3 is 14.8 Å². The highest BCUT2D eigenvalue weighted by Gasteiger charge is 2.18. The van der Waals surface area contributed by atoms with E-state index in [2.05, 4.69) is 33.4 Å². The van der Waals surface area contributed by atoms with Crippen LogP contribution in [0.1, 0.15) is 17.5 Å². The highest BCUT2D eigenvalue weighted by Crippen LogP contribution is 2.32. The Labute approximate surface area is 127 Å². The van der Waals surface area contributed by atoms with E-state index < -0.39 is 0 Å². The van der Waals surface area contributed by atoms with Crippen molar-refractivity contribution in [2.45, 2.75) is 25.4 Å². The maximum atomic E-state index is 5.81. The number of hydrogen-bond acceptors (Lipinski definition) is 3. The molecule has 1 heterocycles. The zero-order valence-electron chi connectivity index (χ0n) is 11.0. The average molecular weight is 349 g/mol. The van der Waals surface area contributed by atoms with Crippen LogP contribution >= 0.6 is 27.5 Å². The van der Waals surface area contributed by atoms with Gasteiger partial charge in [0.2, 0.25) is 0 Å². The smallest absolute Gasteiger partial charge is 0.127 e. The minimum absolute atomic E-state index is 0.276. The molecule has 106 valence electrons. The molecule has 2 rings (SSSR count). The first kappa shape index (κ1) is 15.1. The van der Waals surface area contributed by atoms with Crippen molar-refractivity contribution in [3.63, 3.8) is 0 Å². The van der Waals surface area contributed by atoms with Crippen molar-refractivity contribution in [2.24, 2.45) is 0 Å². The summed E-state index contributed by atoms with van der Waals surface area (Å²) in [5, 5.41) is 3.48. The summed E-state index contributed by atoms with van der Waals surface area (Å²) in [6.45, 7) is 2.22. The molecule has 19 heavy (non-hydrogen) atoms. The number of ether oxygens (including phenoxy) is 2. The van der Waals surface area contributed by atoms with Crippen LogP contribution in [0.25, 0.3) is 0 Å². The third-order valence-electron chi connectivity index (χ3n) is 3.23. The lowest BCUT2D eigenvalue weighted by Gasteiger charge is -2.18. The molecule has 0 spiro atoms. The summed E-state index contributed by atoms with van der Waals surface area (Å²) in [6, 6.07) is 4.53. The molecule has 1 aromatic carbocycles. The largest absolute Gasteiger partial charge is 0.493 e. The van der Waals surface area contributed by atoms with Crippen LogP contribution in [-0.2, 0) is 17.7 Å². The first-order chi connectivity index (χ1) is 9.24. The second-order valence-electron chi connectivity index (χ2n) is 4.66. The van der Waals surface area contributed by atoms with Gasteiger partial charge in [-0.05, 0) is 24.1 Å². The van der Waals surface area contributed by atoms with Crippen LogP contribution in [0.15, 0.2) is 16.6 Å². The normalized spacial score (nSPS) is 15.1. The van der Waals surface area contributed by atoms with Crippen LogP contribution in [0.4, 0.5) is 0 Å². The number of hydrogen-bond donors (Lipinski definition) is 1. The molecular weight excluding hydrogens is 330 g/mol. The number of rotatable bonds is 7. The van der Waals surface area contributed by atoms with Crippen molar-refractivity contribution in [1.29, 1.82) is 0 Å². The van der Waals surface area contributed by atoms with Crippen molar-refractivity contribution in [2.75, 3.05) is 26.2 Å². The average Bonchev–Trinajstić information content (AvgIpc) is 2.84. The van der Waals surface area contributed by atoms with E-state index in [1.165, 1.54) is 11.1 Å². The molecule has 0 bridgehead atoms. The highest BCUT2D eigenvalue weighted by molar-refractivity contribution is 9.10. The third-order valence-corrected chi connectivity index (χ3v) is 3.91. The maximum Gasteiger partial charge on any atom is 0.127 e. The Balaban J connectivity index is 2.02. The number of alkyl halides is 1. The molecule has 1 aromatic rings. The standard InChI is InChI=1S/C14H19BrClNO2/c1-18-9-13(2-4-16)17-8-11-7-12(15)6-10-3-5-19-14(10)11/h6-7,13,17H,2-5,8-9H2,1H3. The molecule has 0 saturated heterocycles. The van der Waals surface area contributed by atoms with Gasteiger partial charge in [0.1, 0.15) is 5.75 Å². The summed E-state index contributed by atoms with van der Waals surface area (Å²) >= 11 is 9.36. The maximum absolute atomic E-state index is 5.81. The van der Waals surface area contributed by atoms with Gasteiger partial charge in [-0.15, -0.1) is 11.6 Å². The van der Waals surface area contributed by atoms with Gasteiger partial charge in [-0.3, -0.25) is 0 Å². The van der Waals surface area contributed by atoms with Gasteiger partial charge in [-0.1, -0.05) is 15.9 Å². The van der Waals surface area contributed by atoms with E-state index in [4.69, 9.17) is 21.1 Å². The van der Waals surface area contributed by atoms with Gasteiger partial charge in [0.15, 0.2) is 0 Å². The Kier molecular flexibility index (Phi) is 5.95. The van der Waals surface area contributed by atoms with Gasteiger partial charge in [-0.25, -0.2) is 0 Å². The Morgan fingerprint density at radius 3 is 3.11 bits per heavy atom. The Hall–Kier alpha value is -0.290. The lowest BCUT2D eigenvalue weighted by molar-refractivity contribution is 0.164. The Morgan fingerprint density at radius 2 is 2.37 bits per heavy atom. The number of fused-ring (bicyclic) bond motifs is 1. The summed E-state index contributed by atoms with van der Waals surface area (Å²) < 4.78 is 12.0. The lowest BCUT2D eigenvalue weighted by Crippen LogP contribution is -2.33. The Morgan fingerprint density at radius 1 is 1.53 bits per heavy atom. The summed E-state index contributed by atoms with van der Waals surface area (Å²) in [5.41, 5.74) is 2.48. The van der Waals surface area contributed by atoms with Crippen LogP contribution in [0.5, 0.6) is 5.75 Å². The molecule has 3 nitrogen and oxygen atoms in total. The molecule has 0 amide bonds. The predicted octanol–water partition coefficient (Wildman–Crippen LogP) is 3.12. The van der Waals surface area contributed by atoms with E-state index in [-0.39, 0.29) is 6.04 Å². The molecule has 1 aliphatic heterocycles. The zero-order valence-corrected chi connectivity index (χ0v) is 13.4. The fourth-order valence-electron chi connectivity index (χ4n) is 2.31. The summed E-state index contributed by atoms with van der Waals surface area (Å²) in [4.78, 5) is 0. The molecule has 0 radical (unpaired) electrons. The quantitative estimate of drug-likeness (QED) is 0.768. The highest BCUT2D eigenvalue weighted by atomic mass is 79.9. The van der Waals surface area contributed by atoms with Crippen molar-refractivity contribution in [3.05, 3.63) is 27.7 Å². The topological polar surface area (TPSA) is 30.5 Å². The second-order valence-corrected chi connectivity index (χ2v) is 5.96. The molecule has 5 heteroatoms. The van der Waals surface area contributed by atoms with Crippen molar-refractivity contribution in [1.82, 2.24) is 5.32 Å². The van der Waals surface area contributed by atoms with Gasteiger partial charge in [0.05, 0.1) is 13.2 Å². The molecular formula is C14H19BrClNO2. The van der Waals surface area contributed by atoms with E-state index in [0.717, 1.165) is 36.2 Å². The number of nitrogens with one attached hydrogen (secondary N) is 1. The number of methoxy groups -OCH3 is 1. The molecule has 1 atom stereocenters. The third kappa shape index (κ3) is 4.09. The summed E-state index contributed by atoms with van der Waals surface area (Å²) in [7, 11) is 1.71. The molecule has 1 N–H and O–H groups in total. The van der Waals surface area contributed by atoms with Crippen molar-refractivity contribution >= 4 is 27.5 Å². The van der Waals surface area contributed by atoms with Crippen molar-refractivity contribution < 1.29 is 9.47 Å². The molecule has 0 fully saturated rings. The monoisotopic (exact) mass is 347 g/mol. The van der Waals surface area contributed by atoms with Crippen LogP contribution in [0.3, 0.4) is 0 Å². The van der Waals surface area contributed by atoms with Crippen molar-refractivity contribution in [3.8, 4) is 5.75 Å². The van der Waals surface area contributed by atoms with E-state index in [9.17, 15) is 0 Å². The second kappa shape index (κ2) is 7.48. The summed E-state index contributed by atoms with van der Waals surface area (Å²) in [6.07, 6.45) is 1.89. The molecule has 0 aliphatic carbocycles. The van der Waals surface area contributed by atoms with E-state index in [1.54, 1.807) is 7.11 Å². The minimum Gasteiger partial charge on any atom is -0.493 e.